The lowest BCUT2D eigenvalue weighted by Gasteiger charge is -2.12. The Morgan fingerprint density at radius 3 is 1.90 bits per heavy atom. The van der Waals surface area contributed by atoms with Crippen LogP contribution in [0.1, 0.15) is 5.56 Å². The summed E-state index contributed by atoms with van der Waals surface area (Å²) >= 11 is 0. The van der Waals surface area contributed by atoms with Crippen molar-refractivity contribution in [1.29, 1.82) is 5.26 Å². The number of nitrogens with zero attached hydrogens (tertiary/aromatic N) is 5. The zero-order valence-electron chi connectivity index (χ0n) is 26.3. The Labute approximate surface area is 283 Å². The Balaban J connectivity index is 1.24. The number of nitriles is 1. The highest BCUT2D eigenvalue weighted by Crippen LogP contribution is 2.41. The van der Waals surface area contributed by atoms with Crippen LogP contribution in [0.25, 0.3) is 83.6 Å². The van der Waals surface area contributed by atoms with E-state index < -0.39 is 0 Å². The van der Waals surface area contributed by atoms with Crippen molar-refractivity contribution in [2.45, 2.75) is 0 Å². The predicted molar refractivity (Wildman–Crippen MR) is 198 cm³/mol. The molecule has 0 fully saturated rings. The molecule has 0 atom stereocenters. The number of hydrogen-bond acceptors (Lipinski definition) is 4. The van der Waals surface area contributed by atoms with Gasteiger partial charge in [0.2, 0.25) is 0 Å². The Morgan fingerprint density at radius 1 is 0.490 bits per heavy atom. The second kappa shape index (κ2) is 11.7. The first-order valence-corrected chi connectivity index (χ1v) is 16.2. The molecule has 0 aliphatic rings. The quantitative estimate of drug-likeness (QED) is 0.191. The third-order valence-corrected chi connectivity index (χ3v) is 9.02. The Hall–Kier alpha value is -6.90. The van der Waals surface area contributed by atoms with E-state index in [1.54, 1.807) is 6.07 Å². The van der Waals surface area contributed by atoms with Crippen molar-refractivity contribution in [2.75, 3.05) is 0 Å². The van der Waals surface area contributed by atoms with Gasteiger partial charge in [0.25, 0.3) is 0 Å². The average molecular weight is 626 g/mol. The van der Waals surface area contributed by atoms with Gasteiger partial charge in [-0.05, 0) is 42.5 Å². The topological polar surface area (TPSA) is 67.4 Å². The summed E-state index contributed by atoms with van der Waals surface area (Å²) in [4.78, 5) is 15.2. The highest BCUT2D eigenvalue weighted by molar-refractivity contribution is 6.22. The maximum absolute atomic E-state index is 9.55. The third kappa shape index (κ3) is 4.91. The minimum Gasteiger partial charge on any atom is -0.308 e. The molecular formula is C44H27N5. The Bertz CT molecular complexity index is 2710. The number of benzene rings is 6. The fraction of sp³-hybridized carbons (Fsp3) is 0. The number of rotatable bonds is 5. The van der Waals surface area contributed by atoms with E-state index in [1.807, 2.05) is 60.7 Å². The van der Waals surface area contributed by atoms with Crippen molar-refractivity contribution in [1.82, 2.24) is 19.5 Å². The SMILES string of the molecule is N#Cc1cccc(-c2cc(-c3ccc(-c4nc5ccccc5c5c4c4ccccc4n5-c4ccccc4)cc3)nc(-c3ccccc3)n2)c1. The summed E-state index contributed by atoms with van der Waals surface area (Å²) in [7, 11) is 0. The summed E-state index contributed by atoms with van der Waals surface area (Å²) in [5.74, 6) is 0.631. The summed E-state index contributed by atoms with van der Waals surface area (Å²) in [6, 6.07) is 57.8. The van der Waals surface area contributed by atoms with Crippen LogP contribution in [-0.2, 0) is 0 Å². The summed E-state index contributed by atoms with van der Waals surface area (Å²) in [5.41, 5.74) is 11.2. The third-order valence-electron chi connectivity index (χ3n) is 9.02. The maximum Gasteiger partial charge on any atom is 0.160 e. The van der Waals surface area contributed by atoms with Gasteiger partial charge in [-0.15, -0.1) is 0 Å². The van der Waals surface area contributed by atoms with E-state index in [0.29, 0.717) is 11.4 Å². The highest BCUT2D eigenvalue weighted by atomic mass is 15.0. The normalized spacial score (nSPS) is 11.2. The monoisotopic (exact) mass is 625 g/mol. The lowest BCUT2D eigenvalue weighted by atomic mass is 10.00. The van der Waals surface area contributed by atoms with Crippen LogP contribution in [0.4, 0.5) is 0 Å². The summed E-state index contributed by atoms with van der Waals surface area (Å²) in [6.45, 7) is 0. The largest absolute Gasteiger partial charge is 0.308 e. The van der Waals surface area contributed by atoms with Crippen LogP contribution in [0.15, 0.2) is 164 Å². The molecule has 49 heavy (non-hydrogen) atoms. The van der Waals surface area contributed by atoms with Crippen molar-refractivity contribution in [3.05, 3.63) is 169 Å². The van der Waals surface area contributed by atoms with Crippen molar-refractivity contribution in [3.63, 3.8) is 0 Å². The summed E-state index contributed by atoms with van der Waals surface area (Å²) in [5, 5.41) is 12.9. The minimum atomic E-state index is 0.589. The average Bonchev–Trinajstić information content (AvgIpc) is 3.54. The molecule has 5 heteroatoms. The summed E-state index contributed by atoms with van der Waals surface area (Å²) < 4.78 is 2.36. The van der Waals surface area contributed by atoms with Gasteiger partial charge in [0.1, 0.15) is 0 Å². The lowest BCUT2D eigenvalue weighted by molar-refractivity contribution is 1.18. The molecule has 3 aromatic heterocycles. The number of hydrogen-bond donors (Lipinski definition) is 0. The zero-order chi connectivity index (χ0) is 32.7. The van der Waals surface area contributed by atoms with E-state index in [4.69, 9.17) is 15.0 Å². The Morgan fingerprint density at radius 2 is 1.12 bits per heavy atom. The van der Waals surface area contributed by atoms with Gasteiger partial charge < -0.3 is 4.57 Å². The van der Waals surface area contributed by atoms with Gasteiger partial charge >= 0.3 is 0 Å². The second-order valence-corrected chi connectivity index (χ2v) is 12.0. The lowest BCUT2D eigenvalue weighted by Crippen LogP contribution is -1.96. The molecule has 0 bridgehead atoms. The van der Waals surface area contributed by atoms with Gasteiger partial charge in [-0.3, -0.25) is 0 Å². The molecule has 9 rings (SSSR count). The van der Waals surface area contributed by atoms with E-state index in [9.17, 15) is 5.26 Å². The molecule has 0 amide bonds. The number of fused-ring (bicyclic) bond motifs is 5. The molecular weight excluding hydrogens is 599 g/mol. The zero-order valence-corrected chi connectivity index (χ0v) is 26.3. The molecule has 0 saturated heterocycles. The van der Waals surface area contributed by atoms with Gasteiger partial charge in [0.05, 0.1) is 45.3 Å². The molecule has 0 spiro atoms. The molecule has 0 unspecified atom stereocenters. The predicted octanol–water partition coefficient (Wildman–Crippen LogP) is 10.7. The molecule has 9 aromatic rings. The number of para-hydroxylation sites is 3. The van der Waals surface area contributed by atoms with E-state index in [1.165, 1.54) is 0 Å². The molecule has 0 aliphatic heterocycles. The van der Waals surface area contributed by atoms with Gasteiger partial charge in [-0.1, -0.05) is 121 Å². The maximum atomic E-state index is 9.55. The first-order chi connectivity index (χ1) is 24.2. The molecule has 0 saturated carbocycles. The molecule has 0 N–H and O–H groups in total. The first-order valence-electron chi connectivity index (χ1n) is 16.2. The first kappa shape index (κ1) is 28.3. The molecule has 6 aromatic carbocycles. The van der Waals surface area contributed by atoms with E-state index in [2.05, 4.69) is 108 Å². The van der Waals surface area contributed by atoms with Crippen LogP contribution in [0.5, 0.6) is 0 Å². The summed E-state index contributed by atoms with van der Waals surface area (Å²) in [6.07, 6.45) is 0. The highest BCUT2D eigenvalue weighted by Gasteiger charge is 2.20. The minimum absolute atomic E-state index is 0.589. The van der Waals surface area contributed by atoms with Crippen LogP contribution >= 0.6 is 0 Å². The molecule has 0 aliphatic carbocycles. The van der Waals surface area contributed by atoms with Crippen LogP contribution < -0.4 is 0 Å². The van der Waals surface area contributed by atoms with Crippen molar-refractivity contribution < 1.29 is 0 Å². The molecule has 3 heterocycles. The Kier molecular flexibility index (Phi) is 6.78. The van der Waals surface area contributed by atoms with E-state index >= 15 is 0 Å². The van der Waals surface area contributed by atoms with Gasteiger partial charge in [-0.25, -0.2) is 15.0 Å². The van der Waals surface area contributed by atoms with Crippen molar-refractivity contribution >= 4 is 32.7 Å². The second-order valence-electron chi connectivity index (χ2n) is 12.0. The fourth-order valence-corrected chi connectivity index (χ4v) is 6.74. The standard InChI is InChI=1S/C44H27N5/c45-28-29-12-11-15-33(26-29)39-27-38(47-44(48-39)32-13-3-1-4-14-32)30-22-24-31(25-23-30)42-41-36-19-8-10-21-40(36)49(34-16-5-2-6-17-34)43(41)35-18-7-9-20-37(35)46-42/h1-27H. The molecule has 5 nitrogen and oxygen atoms in total. The van der Waals surface area contributed by atoms with Crippen LogP contribution in [-0.4, -0.2) is 19.5 Å². The van der Waals surface area contributed by atoms with Gasteiger partial charge in [-0.2, -0.15) is 5.26 Å². The van der Waals surface area contributed by atoms with Crippen LogP contribution in [0.3, 0.4) is 0 Å². The van der Waals surface area contributed by atoms with E-state index in [0.717, 1.165) is 77.7 Å². The van der Waals surface area contributed by atoms with Crippen molar-refractivity contribution in [2.24, 2.45) is 0 Å². The number of pyridine rings is 1. The van der Waals surface area contributed by atoms with Crippen LogP contribution in [0, 0.1) is 11.3 Å². The fourth-order valence-electron chi connectivity index (χ4n) is 6.74. The van der Waals surface area contributed by atoms with Crippen LogP contribution in [0.2, 0.25) is 0 Å². The molecule has 0 radical (unpaired) electrons. The van der Waals surface area contributed by atoms with E-state index in [-0.39, 0.29) is 0 Å². The van der Waals surface area contributed by atoms with Gasteiger partial charge in [0, 0.05) is 44.1 Å². The number of aromatic nitrogens is 4. The van der Waals surface area contributed by atoms with Gasteiger partial charge in [0.15, 0.2) is 5.82 Å². The smallest absolute Gasteiger partial charge is 0.160 e. The molecule has 228 valence electrons. The van der Waals surface area contributed by atoms with Crippen molar-refractivity contribution in [3.8, 4) is 56.9 Å².